The first kappa shape index (κ1) is 16.5. The third-order valence-electron chi connectivity index (χ3n) is 3.89. The highest BCUT2D eigenvalue weighted by Gasteiger charge is 2.32. The zero-order valence-corrected chi connectivity index (χ0v) is 14.2. The largest absolute Gasteiger partial charge is 0.475 e. The Kier molecular flexibility index (Phi) is 4.79. The summed E-state index contributed by atoms with van der Waals surface area (Å²) in [6, 6.07) is 0.881. The Balaban J connectivity index is 2.20. The maximum absolute atomic E-state index is 12.4. The number of carboxylic acids is 1. The van der Waals surface area contributed by atoms with Crippen LogP contribution >= 0.6 is 15.9 Å². The Morgan fingerprint density at radius 3 is 2.62 bits per heavy atom. The van der Waals surface area contributed by atoms with E-state index in [0.717, 1.165) is 25.3 Å². The summed E-state index contributed by atoms with van der Waals surface area (Å²) in [5.41, 5.74) is 0. The van der Waals surface area contributed by atoms with Crippen LogP contribution < -0.4 is 4.72 Å². The van der Waals surface area contributed by atoms with Gasteiger partial charge in [0.2, 0.25) is 15.8 Å². The van der Waals surface area contributed by atoms with Crippen LogP contribution in [0.4, 0.5) is 0 Å². The van der Waals surface area contributed by atoms with E-state index in [2.05, 4.69) is 27.6 Å². The SMILES string of the molecule is CC1CCC(NS(=O)(=O)c2cc(C(=O)O)oc2Br)C(C)C1. The number of sulfonamides is 1. The van der Waals surface area contributed by atoms with Crippen molar-refractivity contribution in [2.45, 2.75) is 44.0 Å². The molecular formula is C13H18BrNO5S. The lowest BCUT2D eigenvalue weighted by Gasteiger charge is -2.32. The highest BCUT2D eigenvalue weighted by atomic mass is 79.9. The van der Waals surface area contributed by atoms with Crippen LogP contribution in [0.1, 0.15) is 43.7 Å². The van der Waals surface area contributed by atoms with Crippen LogP contribution in [0.15, 0.2) is 20.0 Å². The van der Waals surface area contributed by atoms with Gasteiger partial charge in [-0.2, -0.15) is 0 Å². The van der Waals surface area contributed by atoms with E-state index in [-0.39, 0.29) is 21.5 Å². The second-order valence-electron chi connectivity index (χ2n) is 5.68. The third-order valence-corrected chi connectivity index (χ3v) is 6.24. The van der Waals surface area contributed by atoms with Crippen LogP contribution in [0, 0.1) is 11.8 Å². The molecule has 0 aromatic carbocycles. The third kappa shape index (κ3) is 3.67. The minimum Gasteiger partial charge on any atom is -0.475 e. The summed E-state index contributed by atoms with van der Waals surface area (Å²) in [7, 11) is -3.81. The monoisotopic (exact) mass is 379 g/mol. The minimum absolute atomic E-state index is 0.0933. The highest BCUT2D eigenvalue weighted by molar-refractivity contribution is 9.10. The Morgan fingerprint density at radius 2 is 2.10 bits per heavy atom. The molecule has 1 aliphatic carbocycles. The molecule has 0 bridgehead atoms. The van der Waals surface area contributed by atoms with Crippen LogP contribution in [0.3, 0.4) is 0 Å². The Hall–Kier alpha value is -0.860. The fourth-order valence-corrected chi connectivity index (χ4v) is 5.06. The van der Waals surface area contributed by atoms with E-state index in [4.69, 9.17) is 9.52 Å². The van der Waals surface area contributed by atoms with Gasteiger partial charge in [-0.25, -0.2) is 17.9 Å². The molecule has 0 spiro atoms. The van der Waals surface area contributed by atoms with Gasteiger partial charge < -0.3 is 9.52 Å². The molecule has 1 fully saturated rings. The second-order valence-corrected chi connectivity index (χ2v) is 8.08. The van der Waals surface area contributed by atoms with Crippen molar-refractivity contribution in [3.05, 3.63) is 16.5 Å². The summed E-state index contributed by atoms with van der Waals surface area (Å²) in [4.78, 5) is 10.7. The van der Waals surface area contributed by atoms with Gasteiger partial charge in [0.25, 0.3) is 0 Å². The first-order valence-electron chi connectivity index (χ1n) is 6.75. The van der Waals surface area contributed by atoms with Gasteiger partial charge in [0.1, 0.15) is 4.90 Å². The smallest absolute Gasteiger partial charge is 0.371 e. The standard InChI is InChI=1S/C13H18BrNO5S/c1-7-3-4-9(8(2)5-7)15-21(18,19)11-6-10(13(16)17)20-12(11)14/h6-9,15H,3-5H2,1-2H3,(H,16,17). The van der Waals surface area contributed by atoms with Crippen molar-refractivity contribution >= 4 is 31.9 Å². The average molecular weight is 380 g/mol. The number of aromatic carboxylic acids is 1. The lowest BCUT2D eigenvalue weighted by Crippen LogP contribution is -2.42. The van der Waals surface area contributed by atoms with Crippen LogP contribution in [-0.4, -0.2) is 25.5 Å². The number of hydrogen-bond acceptors (Lipinski definition) is 4. The van der Waals surface area contributed by atoms with E-state index in [1.54, 1.807) is 0 Å². The van der Waals surface area contributed by atoms with E-state index >= 15 is 0 Å². The zero-order chi connectivity index (χ0) is 15.8. The topological polar surface area (TPSA) is 96.6 Å². The normalized spacial score (nSPS) is 26.7. The van der Waals surface area contributed by atoms with Crippen molar-refractivity contribution < 1.29 is 22.7 Å². The predicted octanol–water partition coefficient (Wildman–Crippen LogP) is 2.84. The number of furan rings is 1. The van der Waals surface area contributed by atoms with Gasteiger partial charge in [-0.15, -0.1) is 0 Å². The van der Waals surface area contributed by atoms with E-state index in [9.17, 15) is 13.2 Å². The zero-order valence-electron chi connectivity index (χ0n) is 11.8. The predicted molar refractivity (Wildman–Crippen MR) is 79.7 cm³/mol. The maximum atomic E-state index is 12.4. The molecule has 2 N–H and O–H groups in total. The molecule has 1 aromatic heterocycles. The molecule has 0 aliphatic heterocycles. The molecule has 1 aliphatic rings. The second kappa shape index (κ2) is 6.10. The van der Waals surface area contributed by atoms with Crippen molar-refractivity contribution in [2.75, 3.05) is 0 Å². The van der Waals surface area contributed by atoms with Crippen molar-refractivity contribution in [1.82, 2.24) is 4.72 Å². The number of carboxylic acid groups (broad SMARTS) is 1. The molecule has 3 atom stereocenters. The quantitative estimate of drug-likeness (QED) is 0.837. The number of rotatable bonds is 4. The van der Waals surface area contributed by atoms with Crippen molar-refractivity contribution in [3.63, 3.8) is 0 Å². The molecule has 1 aromatic rings. The van der Waals surface area contributed by atoms with E-state index in [0.29, 0.717) is 5.92 Å². The van der Waals surface area contributed by atoms with Crippen LogP contribution in [-0.2, 0) is 10.0 Å². The molecule has 118 valence electrons. The molecule has 0 saturated heterocycles. The van der Waals surface area contributed by atoms with E-state index < -0.39 is 21.8 Å². The fraction of sp³-hybridized carbons (Fsp3) is 0.615. The fourth-order valence-electron chi connectivity index (χ4n) is 2.74. The highest BCUT2D eigenvalue weighted by Crippen LogP contribution is 2.31. The maximum Gasteiger partial charge on any atom is 0.371 e. The molecule has 1 heterocycles. The molecule has 1 saturated carbocycles. The molecule has 6 nitrogen and oxygen atoms in total. The van der Waals surface area contributed by atoms with Gasteiger partial charge in [0.15, 0.2) is 4.67 Å². The molecule has 0 radical (unpaired) electrons. The lowest BCUT2D eigenvalue weighted by molar-refractivity contribution is 0.0661. The molecule has 2 rings (SSSR count). The Bertz CT molecular complexity index is 639. The van der Waals surface area contributed by atoms with Gasteiger partial charge in [0.05, 0.1) is 0 Å². The lowest BCUT2D eigenvalue weighted by atomic mass is 9.80. The number of halogens is 1. The summed E-state index contributed by atoms with van der Waals surface area (Å²) in [5.74, 6) is -0.877. The first-order chi connectivity index (χ1) is 9.70. The van der Waals surface area contributed by atoms with E-state index in [1.807, 2.05) is 6.92 Å². The Labute approximate surface area is 132 Å². The minimum atomic E-state index is -3.81. The van der Waals surface area contributed by atoms with Gasteiger partial charge in [-0.3, -0.25) is 0 Å². The van der Waals surface area contributed by atoms with Crippen molar-refractivity contribution in [3.8, 4) is 0 Å². The summed E-state index contributed by atoms with van der Waals surface area (Å²) in [6.07, 6.45) is 2.73. The summed E-state index contributed by atoms with van der Waals surface area (Å²) in [6.45, 7) is 4.18. The summed E-state index contributed by atoms with van der Waals surface area (Å²) in [5, 5.41) is 8.85. The molecule has 8 heteroatoms. The number of hydrogen-bond donors (Lipinski definition) is 2. The average Bonchev–Trinajstić information content (AvgIpc) is 2.76. The first-order valence-corrected chi connectivity index (χ1v) is 9.03. The van der Waals surface area contributed by atoms with Gasteiger partial charge in [-0.1, -0.05) is 13.8 Å². The van der Waals surface area contributed by atoms with Gasteiger partial charge in [0, 0.05) is 12.1 Å². The van der Waals surface area contributed by atoms with Crippen LogP contribution in [0.5, 0.6) is 0 Å². The number of nitrogens with one attached hydrogen (secondary N) is 1. The summed E-state index contributed by atoms with van der Waals surface area (Å²) < 4.78 is 32.2. The molecule has 3 unspecified atom stereocenters. The van der Waals surface area contributed by atoms with Crippen molar-refractivity contribution in [2.24, 2.45) is 11.8 Å². The van der Waals surface area contributed by atoms with Crippen LogP contribution in [0.25, 0.3) is 0 Å². The van der Waals surface area contributed by atoms with Crippen LogP contribution in [0.2, 0.25) is 0 Å². The van der Waals surface area contributed by atoms with Crippen molar-refractivity contribution in [1.29, 1.82) is 0 Å². The van der Waals surface area contributed by atoms with Gasteiger partial charge in [-0.05, 0) is 47.0 Å². The van der Waals surface area contributed by atoms with Gasteiger partial charge >= 0.3 is 5.97 Å². The Morgan fingerprint density at radius 1 is 1.43 bits per heavy atom. The summed E-state index contributed by atoms with van der Waals surface area (Å²) >= 11 is 2.96. The molecule has 21 heavy (non-hydrogen) atoms. The number of carbonyl (C=O) groups is 1. The van der Waals surface area contributed by atoms with E-state index in [1.165, 1.54) is 0 Å². The molecular weight excluding hydrogens is 362 g/mol. The molecule has 0 amide bonds.